The van der Waals surface area contributed by atoms with Crippen LogP contribution >= 0.6 is 11.6 Å². The third-order valence-electron chi connectivity index (χ3n) is 5.29. The van der Waals surface area contributed by atoms with Crippen molar-refractivity contribution in [1.82, 2.24) is 9.55 Å². The number of aromatic nitrogens is 2. The molecular formula is C27H25ClN2O3. The Labute approximate surface area is 197 Å². The predicted octanol–water partition coefficient (Wildman–Crippen LogP) is 6.23. The number of fused-ring (bicyclic) bond motifs is 1. The van der Waals surface area contributed by atoms with Gasteiger partial charge in [-0.25, -0.2) is 4.98 Å². The van der Waals surface area contributed by atoms with Gasteiger partial charge in [0.05, 0.1) is 24.6 Å². The largest absolute Gasteiger partial charge is 0.493 e. The maximum Gasteiger partial charge on any atom is 0.261 e. The van der Waals surface area contributed by atoms with Gasteiger partial charge in [0.2, 0.25) is 0 Å². The predicted molar refractivity (Wildman–Crippen MR) is 134 cm³/mol. The first-order valence-corrected chi connectivity index (χ1v) is 11.2. The molecule has 0 spiro atoms. The van der Waals surface area contributed by atoms with Crippen LogP contribution in [-0.4, -0.2) is 23.3 Å². The van der Waals surface area contributed by atoms with E-state index < -0.39 is 0 Å². The molecule has 1 aromatic heterocycles. The van der Waals surface area contributed by atoms with Gasteiger partial charge in [0, 0.05) is 17.1 Å². The highest BCUT2D eigenvalue weighted by atomic mass is 35.5. The lowest BCUT2D eigenvalue weighted by Crippen LogP contribution is -2.24. The highest BCUT2D eigenvalue weighted by Crippen LogP contribution is 2.29. The van der Waals surface area contributed by atoms with Gasteiger partial charge in [0.25, 0.3) is 5.56 Å². The molecule has 4 aromatic rings. The Morgan fingerprint density at radius 2 is 1.82 bits per heavy atom. The topological polar surface area (TPSA) is 53.4 Å². The van der Waals surface area contributed by atoms with Gasteiger partial charge in [0.1, 0.15) is 5.82 Å². The van der Waals surface area contributed by atoms with Crippen molar-refractivity contribution in [2.45, 2.75) is 19.9 Å². The molecule has 1 heterocycles. The summed E-state index contributed by atoms with van der Waals surface area (Å²) in [6, 6.07) is 20.6. The van der Waals surface area contributed by atoms with Gasteiger partial charge in [-0.2, -0.15) is 0 Å². The Kier molecular flexibility index (Phi) is 7.10. The molecular weight excluding hydrogens is 436 g/mol. The van der Waals surface area contributed by atoms with E-state index in [1.807, 2.05) is 67.6 Å². The van der Waals surface area contributed by atoms with Crippen LogP contribution in [0.2, 0.25) is 5.02 Å². The number of para-hydroxylation sites is 1. The van der Waals surface area contributed by atoms with E-state index in [0.29, 0.717) is 52.8 Å². The summed E-state index contributed by atoms with van der Waals surface area (Å²) < 4.78 is 13.1. The number of benzene rings is 3. The van der Waals surface area contributed by atoms with Crippen LogP contribution in [0, 0.1) is 0 Å². The van der Waals surface area contributed by atoms with E-state index in [9.17, 15) is 4.79 Å². The number of allylic oxidation sites excluding steroid dienone is 1. The van der Waals surface area contributed by atoms with Gasteiger partial charge in [-0.1, -0.05) is 42.0 Å². The molecule has 0 aliphatic rings. The SMILES string of the molecule is CC=Cc1ccc(OCCCn2c(-c3ccc(Cl)cc3)nc3ccccc3c2=O)c(OC)c1. The minimum Gasteiger partial charge on any atom is -0.493 e. The number of rotatable bonds is 8. The van der Waals surface area contributed by atoms with E-state index in [0.717, 1.165) is 11.1 Å². The highest BCUT2D eigenvalue weighted by molar-refractivity contribution is 6.30. The number of hydrogen-bond donors (Lipinski definition) is 0. The maximum absolute atomic E-state index is 13.3. The molecule has 3 aromatic carbocycles. The van der Waals surface area contributed by atoms with Crippen molar-refractivity contribution in [3.05, 3.63) is 93.7 Å². The van der Waals surface area contributed by atoms with Crippen molar-refractivity contribution in [1.29, 1.82) is 0 Å². The number of hydrogen-bond acceptors (Lipinski definition) is 4. The Morgan fingerprint density at radius 1 is 1.03 bits per heavy atom. The molecule has 0 bridgehead atoms. The Bertz CT molecular complexity index is 1340. The van der Waals surface area contributed by atoms with E-state index in [-0.39, 0.29) is 5.56 Å². The van der Waals surface area contributed by atoms with Crippen LogP contribution in [0.25, 0.3) is 28.4 Å². The summed E-state index contributed by atoms with van der Waals surface area (Å²) in [4.78, 5) is 18.1. The molecule has 0 atom stereocenters. The molecule has 0 unspecified atom stereocenters. The third-order valence-corrected chi connectivity index (χ3v) is 5.55. The summed E-state index contributed by atoms with van der Waals surface area (Å²) in [7, 11) is 1.63. The first-order valence-electron chi connectivity index (χ1n) is 10.8. The fourth-order valence-corrected chi connectivity index (χ4v) is 3.83. The van der Waals surface area contributed by atoms with Crippen molar-refractivity contribution in [2.24, 2.45) is 0 Å². The lowest BCUT2D eigenvalue weighted by Gasteiger charge is -2.15. The second-order valence-corrected chi connectivity index (χ2v) is 7.96. The van der Waals surface area contributed by atoms with Crippen LogP contribution in [0.1, 0.15) is 18.9 Å². The molecule has 0 saturated heterocycles. The molecule has 33 heavy (non-hydrogen) atoms. The molecule has 0 saturated carbocycles. The van der Waals surface area contributed by atoms with Crippen LogP contribution in [0.4, 0.5) is 0 Å². The molecule has 0 N–H and O–H groups in total. The molecule has 168 valence electrons. The van der Waals surface area contributed by atoms with Crippen molar-refractivity contribution in [3.63, 3.8) is 0 Å². The van der Waals surface area contributed by atoms with Crippen molar-refractivity contribution < 1.29 is 9.47 Å². The summed E-state index contributed by atoms with van der Waals surface area (Å²) in [6.07, 6.45) is 4.60. The van der Waals surface area contributed by atoms with E-state index in [4.69, 9.17) is 26.1 Å². The number of ether oxygens (including phenoxy) is 2. The number of halogens is 1. The summed E-state index contributed by atoms with van der Waals surface area (Å²) in [5.74, 6) is 1.97. The zero-order valence-electron chi connectivity index (χ0n) is 18.6. The average molecular weight is 461 g/mol. The van der Waals surface area contributed by atoms with Gasteiger partial charge < -0.3 is 9.47 Å². The monoisotopic (exact) mass is 460 g/mol. The lowest BCUT2D eigenvalue weighted by atomic mass is 10.1. The zero-order chi connectivity index (χ0) is 23.2. The van der Waals surface area contributed by atoms with E-state index in [2.05, 4.69) is 0 Å². The summed E-state index contributed by atoms with van der Waals surface area (Å²) in [6.45, 7) is 2.87. The molecule has 4 rings (SSSR count). The van der Waals surface area contributed by atoms with E-state index in [1.165, 1.54) is 0 Å². The van der Waals surface area contributed by atoms with Crippen LogP contribution in [0.5, 0.6) is 11.5 Å². The fraction of sp³-hybridized carbons (Fsp3) is 0.185. The lowest BCUT2D eigenvalue weighted by molar-refractivity contribution is 0.282. The van der Waals surface area contributed by atoms with Crippen molar-refractivity contribution in [2.75, 3.05) is 13.7 Å². The highest BCUT2D eigenvalue weighted by Gasteiger charge is 2.13. The Hall–Kier alpha value is -3.57. The van der Waals surface area contributed by atoms with Gasteiger partial charge in [-0.15, -0.1) is 0 Å². The molecule has 0 aliphatic heterocycles. The first kappa shape index (κ1) is 22.6. The van der Waals surface area contributed by atoms with Crippen LogP contribution in [0.3, 0.4) is 0 Å². The minimum atomic E-state index is -0.0705. The molecule has 0 radical (unpaired) electrons. The third kappa shape index (κ3) is 5.10. The zero-order valence-corrected chi connectivity index (χ0v) is 19.4. The second kappa shape index (κ2) is 10.4. The van der Waals surface area contributed by atoms with Crippen LogP contribution in [-0.2, 0) is 6.54 Å². The molecule has 0 fully saturated rings. The normalized spacial score (nSPS) is 11.2. The van der Waals surface area contributed by atoms with Gasteiger partial charge in [-0.05, 0) is 67.4 Å². The fourth-order valence-electron chi connectivity index (χ4n) is 3.70. The summed E-state index contributed by atoms with van der Waals surface area (Å²) in [5, 5.41) is 1.23. The standard InChI is InChI=1S/C27H25ClN2O3/c1-3-7-19-10-15-24(25(18-19)32-2)33-17-6-16-30-26(20-11-13-21(28)14-12-20)29-23-9-5-4-8-22(23)27(30)31/h3-5,7-15,18H,6,16-17H2,1-2H3. The van der Waals surface area contributed by atoms with Crippen molar-refractivity contribution in [3.8, 4) is 22.9 Å². The molecule has 5 nitrogen and oxygen atoms in total. The average Bonchev–Trinajstić information content (AvgIpc) is 2.84. The van der Waals surface area contributed by atoms with Crippen LogP contribution < -0.4 is 15.0 Å². The van der Waals surface area contributed by atoms with Crippen LogP contribution in [0.15, 0.2) is 77.6 Å². The van der Waals surface area contributed by atoms with Gasteiger partial charge in [0.15, 0.2) is 11.5 Å². The number of methoxy groups -OCH3 is 1. The van der Waals surface area contributed by atoms with Crippen molar-refractivity contribution >= 4 is 28.6 Å². The maximum atomic E-state index is 13.3. The number of nitrogens with zero attached hydrogens (tertiary/aromatic N) is 2. The minimum absolute atomic E-state index is 0.0705. The first-order chi connectivity index (χ1) is 16.1. The van der Waals surface area contributed by atoms with E-state index >= 15 is 0 Å². The smallest absolute Gasteiger partial charge is 0.261 e. The second-order valence-electron chi connectivity index (χ2n) is 7.53. The molecule has 6 heteroatoms. The molecule has 0 aliphatic carbocycles. The van der Waals surface area contributed by atoms with E-state index in [1.54, 1.807) is 29.9 Å². The summed E-state index contributed by atoms with van der Waals surface area (Å²) >= 11 is 6.06. The Morgan fingerprint density at radius 3 is 2.58 bits per heavy atom. The quantitative estimate of drug-likeness (QED) is 0.292. The van der Waals surface area contributed by atoms with Gasteiger partial charge >= 0.3 is 0 Å². The Balaban J connectivity index is 1.57. The summed E-state index contributed by atoms with van der Waals surface area (Å²) in [5.41, 5.74) is 2.48. The van der Waals surface area contributed by atoms with Gasteiger partial charge in [-0.3, -0.25) is 9.36 Å². The molecule has 0 amide bonds.